The van der Waals surface area contributed by atoms with Crippen LogP contribution in [0.2, 0.25) is 0 Å². The number of pyridine rings is 1. The van der Waals surface area contributed by atoms with Crippen molar-refractivity contribution in [2.45, 2.75) is 44.3 Å². The number of carbonyl (C=O) groups excluding carboxylic acids is 1. The molecule has 0 aromatic carbocycles. The molecule has 1 aliphatic carbocycles. The van der Waals surface area contributed by atoms with E-state index in [0.29, 0.717) is 19.1 Å². The first-order valence-corrected chi connectivity index (χ1v) is 8.02. The lowest BCUT2D eigenvalue weighted by Crippen LogP contribution is -2.49. The standard InChI is InChI=1S/C16H24N4O2/c1-19-14(11-21)7-9-20(16(22)18-13-5-2-6-13)10-12-4-3-8-17-15(12)19/h3-4,8,13-14,21H,2,5-7,9-11H2,1H3,(H,18,22). The van der Waals surface area contributed by atoms with Crippen LogP contribution in [0.15, 0.2) is 18.3 Å². The second-order valence-corrected chi connectivity index (χ2v) is 6.22. The van der Waals surface area contributed by atoms with Crippen LogP contribution in [0, 0.1) is 0 Å². The number of urea groups is 1. The number of amides is 2. The average Bonchev–Trinajstić information content (AvgIpc) is 2.48. The van der Waals surface area contributed by atoms with Gasteiger partial charge in [-0.15, -0.1) is 0 Å². The zero-order valence-electron chi connectivity index (χ0n) is 13.0. The highest BCUT2D eigenvalue weighted by molar-refractivity contribution is 5.75. The molecule has 1 atom stereocenters. The van der Waals surface area contributed by atoms with Crippen LogP contribution in [0.1, 0.15) is 31.2 Å². The number of aromatic nitrogens is 1. The topological polar surface area (TPSA) is 68.7 Å². The van der Waals surface area contributed by atoms with Crippen LogP contribution in [0.3, 0.4) is 0 Å². The van der Waals surface area contributed by atoms with Crippen molar-refractivity contribution in [1.29, 1.82) is 0 Å². The molecule has 6 heteroatoms. The number of aliphatic hydroxyl groups is 1. The van der Waals surface area contributed by atoms with E-state index in [-0.39, 0.29) is 18.7 Å². The van der Waals surface area contributed by atoms with Crippen molar-refractivity contribution in [2.75, 3.05) is 25.1 Å². The Labute approximate surface area is 131 Å². The molecule has 0 spiro atoms. The summed E-state index contributed by atoms with van der Waals surface area (Å²) in [5.41, 5.74) is 1.02. The summed E-state index contributed by atoms with van der Waals surface area (Å²) in [5.74, 6) is 0.850. The quantitative estimate of drug-likeness (QED) is 0.865. The molecule has 2 aliphatic rings. The molecule has 22 heavy (non-hydrogen) atoms. The number of nitrogens with one attached hydrogen (secondary N) is 1. The summed E-state index contributed by atoms with van der Waals surface area (Å²) in [5, 5.41) is 12.7. The van der Waals surface area contributed by atoms with Gasteiger partial charge < -0.3 is 20.2 Å². The first-order valence-electron chi connectivity index (χ1n) is 8.02. The number of hydrogen-bond donors (Lipinski definition) is 2. The third-order valence-electron chi connectivity index (χ3n) is 4.77. The Kier molecular flexibility index (Phi) is 4.47. The molecule has 0 saturated heterocycles. The first-order chi connectivity index (χ1) is 10.7. The van der Waals surface area contributed by atoms with Crippen LogP contribution in [-0.4, -0.2) is 53.3 Å². The summed E-state index contributed by atoms with van der Waals surface area (Å²) in [6.45, 7) is 1.26. The molecule has 2 N–H and O–H groups in total. The number of nitrogens with zero attached hydrogens (tertiary/aromatic N) is 3. The number of fused-ring (bicyclic) bond motifs is 1. The number of anilines is 1. The molecule has 120 valence electrons. The van der Waals surface area contributed by atoms with Crippen LogP contribution in [0.25, 0.3) is 0 Å². The van der Waals surface area contributed by atoms with Crippen molar-refractivity contribution in [3.63, 3.8) is 0 Å². The molecular formula is C16H24N4O2. The van der Waals surface area contributed by atoms with E-state index in [1.54, 1.807) is 6.20 Å². The van der Waals surface area contributed by atoms with Crippen molar-refractivity contribution in [3.8, 4) is 0 Å². The smallest absolute Gasteiger partial charge is 0.317 e. The fourth-order valence-electron chi connectivity index (χ4n) is 3.03. The molecule has 1 unspecified atom stereocenters. The van der Waals surface area contributed by atoms with Crippen LogP contribution >= 0.6 is 0 Å². The summed E-state index contributed by atoms with van der Waals surface area (Å²) in [7, 11) is 1.96. The normalized spacial score (nSPS) is 22.4. The Bertz CT molecular complexity index is 533. The Hall–Kier alpha value is -1.82. The molecule has 1 saturated carbocycles. The predicted octanol–water partition coefficient (Wildman–Crippen LogP) is 1.35. The van der Waals surface area contributed by atoms with Gasteiger partial charge in [0.1, 0.15) is 5.82 Å². The molecule has 0 bridgehead atoms. The minimum atomic E-state index is -0.0204. The molecule has 1 fully saturated rings. The van der Waals surface area contributed by atoms with Gasteiger partial charge in [0, 0.05) is 31.4 Å². The maximum atomic E-state index is 12.5. The van der Waals surface area contributed by atoms with Crippen molar-refractivity contribution >= 4 is 11.8 Å². The van der Waals surface area contributed by atoms with Crippen molar-refractivity contribution in [2.24, 2.45) is 0 Å². The van der Waals surface area contributed by atoms with E-state index in [1.807, 2.05) is 29.0 Å². The van der Waals surface area contributed by atoms with Crippen LogP contribution in [0.4, 0.5) is 10.6 Å². The van der Waals surface area contributed by atoms with Crippen molar-refractivity contribution < 1.29 is 9.90 Å². The van der Waals surface area contributed by atoms with Gasteiger partial charge in [-0.05, 0) is 31.7 Å². The molecule has 3 rings (SSSR count). The lowest BCUT2D eigenvalue weighted by Gasteiger charge is -2.36. The molecule has 1 aliphatic heterocycles. The number of hydrogen-bond acceptors (Lipinski definition) is 4. The molecule has 6 nitrogen and oxygen atoms in total. The van der Waals surface area contributed by atoms with E-state index in [0.717, 1.165) is 30.6 Å². The highest BCUT2D eigenvalue weighted by Gasteiger charge is 2.27. The zero-order chi connectivity index (χ0) is 15.5. The van der Waals surface area contributed by atoms with Crippen LogP contribution in [0.5, 0.6) is 0 Å². The lowest BCUT2D eigenvalue weighted by atomic mass is 9.93. The van der Waals surface area contributed by atoms with Crippen molar-refractivity contribution in [3.05, 3.63) is 23.9 Å². The summed E-state index contributed by atoms with van der Waals surface area (Å²) < 4.78 is 0. The van der Waals surface area contributed by atoms with E-state index in [2.05, 4.69) is 10.3 Å². The Balaban J connectivity index is 1.79. The van der Waals surface area contributed by atoms with Crippen LogP contribution in [-0.2, 0) is 6.54 Å². The van der Waals surface area contributed by atoms with Gasteiger partial charge in [-0.25, -0.2) is 9.78 Å². The van der Waals surface area contributed by atoms with Gasteiger partial charge in [-0.1, -0.05) is 6.07 Å². The van der Waals surface area contributed by atoms with E-state index in [4.69, 9.17) is 0 Å². The minimum absolute atomic E-state index is 0.000691. The first kappa shape index (κ1) is 15.1. The maximum Gasteiger partial charge on any atom is 0.317 e. The van der Waals surface area contributed by atoms with Crippen LogP contribution < -0.4 is 10.2 Å². The summed E-state index contributed by atoms with van der Waals surface area (Å²) in [4.78, 5) is 20.8. The highest BCUT2D eigenvalue weighted by Crippen LogP contribution is 2.24. The number of carbonyl (C=O) groups is 1. The second-order valence-electron chi connectivity index (χ2n) is 6.22. The Morgan fingerprint density at radius 2 is 2.27 bits per heavy atom. The van der Waals surface area contributed by atoms with Gasteiger partial charge in [0.15, 0.2) is 0 Å². The molecule has 1 aromatic rings. The molecular weight excluding hydrogens is 280 g/mol. The third kappa shape index (κ3) is 3.02. The molecule has 1 aromatic heterocycles. The summed E-state index contributed by atoms with van der Waals surface area (Å²) in [6, 6.07) is 4.21. The van der Waals surface area contributed by atoms with Gasteiger partial charge in [0.25, 0.3) is 0 Å². The Morgan fingerprint density at radius 3 is 2.95 bits per heavy atom. The fourth-order valence-corrected chi connectivity index (χ4v) is 3.03. The van der Waals surface area contributed by atoms with Gasteiger partial charge in [-0.3, -0.25) is 0 Å². The van der Waals surface area contributed by atoms with E-state index < -0.39 is 0 Å². The predicted molar refractivity (Wildman–Crippen MR) is 84.7 cm³/mol. The molecule has 2 heterocycles. The highest BCUT2D eigenvalue weighted by atomic mass is 16.3. The monoisotopic (exact) mass is 304 g/mol. The summed E-state index contributed by atoms with van der Waals surface area (Å²) in [6.07, 6.45) is 5.86. The fraction of sp³-hybridized carbons (Fsp3) is 0.625. The van der Waals surface area contributed by atoms with Gasteiger partial charge in [-0.2, -0.15) is 0 Å². The van der Waals surface area contributed by atoms with Gasteiger partial charge in [0.2, 0.25) is 0 Å². The number of rotatable bonds is 2. The largest absolute Gasteiger partial charge is 0.394 e. The molecule has 2 amide bonds. The SMILES string of the molecule is CN1c2ncccc2CN(C(=O)NC2CCC2)CCC1CO. The second kappa shape index (κ2) is 6.52. The lowest BCUT2D eigenvalue weighted by molar-refractivity contribution is 0.175. The van der Waals surface area contributed by atoms with E-state index in [1.165, 1.54) is 6.42 Å². The Morgan fingerprint density at radius 1 is 1.45 bits per heavy atom. The third-order valence-corrected chi connectivity index (χ3v) is 4.77. The zero-order valence-corrected chi connectivity index (χ0v) is 13.0. The van der Waals surface area contributed by atoms with Gasteiger partial charge >= 0.3 is 6.03 Å². The maximum absolute atomic E-state index is 12.5. The average molecular weight is 304 g/mol. The van der Waals surface area contributed by atoms with E-state index >= 15 is 0 Å². The van der Waals surface area contributed by atoms with Crippen molar-refractivity contribution in [1.82, 2.24) is 15.2 Å². The van der Waals surface area contributed by atoms with E-state index in [9.17, 15) is 9.90 Å². The minimum Gasteiger partial charge on any atom is -0.394 e. The number of aliphatic hydroxyl groups excluding tert-OH is 1. The number of likely N-dealkylation sites (N-methyl/N-ethyl adjacent to an activating group) is 1. The summed E-state index contributed by atoms with van der Waals surface area (Å²) >= 11 is 0. The van der Waals surface area contributed by atoms with Gasteiger partial charge in [0.05, 0.1) is 19.2 Å². The molecule has 0 radical (unpaired) electrons.